The highest BCUT2D eigenvalue weighted by Gasteiger charge is 2.33. The molecule has 35 heavy (non-hydrogen) atoms. The van der Waals surface area contributed by atoms with Crippen molar-refractivity contribution in [2.24, 2.45) is 0 Å². The molecule has 0 bridgehead atoms. The Hall–Kier alpha value is -3.18. The minimum Gasteiger partial charge on any atom is -0.496 e. The molecule has 0 spiro atoms. The number of hydrogen-bond acceptors (Lipinski definition) is 7. The summed E-state index contributed by atoms with van der Waals surface area (Å²) in [6.45, 7) is 5.45. The van der Waals surface area contributed by atoms with Crippen LogP contribution < -0.4 is 14.2 Å². The molecule has 2 aromatic rings. The molecule has 0 atom stereocenters. The van der Waals surface area contributed by atoms with Crippen LogP contribution in [0, 0.1) is 11.2 Å². The van der Waals surface area contributed by atoms with Crippen LogP contribution in [-0.4, -0.2) is 57.4 Å². The monoisotopic (exact) mass is 508 g/mol. The molecular formula is C24H29FN2O7S. The van der Waals surface area contributed by atoms with Crippen molar-refractivity contribution in [3.05, 3.63) is 51.8 Å². The Morgan fingerprint density at radius 1 is 1.11 bits per heavy atom. The Labute approximate surface area is 204 Å². The van der Waals surface area contributed by atoms with Gasteiger partial charge in [-0.3, -0.25) is 14.8 Å². The van der Waals surface area contributed by atoms with Crippen LogP contribution in [0.4, 0.5) is 4.39 Å². The van der Waals surface area contributed by atoms with E-state index in [9.17, 15) is 17.8 Å². The number of ketones is 1. The van der Waals surface area contributed by atoms with Crippen molar-refractivity contribution >= 4 is 21.7 Å². The molecule has 0 saturated carbocycles. The third-order valence-electron chi connectivity index (χ3n) is 5.83. The first-order valence-electron chi connectivity index (χ1n) is 10.7. The average Bonchev–Trinajstić information content (AvgIpc) is 3.06. The zero-order valence-electron chi connectivity index (χ0n) is 20.5. The number of fused-ring (bicyclic) bond motifs is 1. The van der Waals surface area contributed by atoms with E-state index in [4.69, 9.17) is 19.6 Å². The second-order valence-electron chi connectivity index (χ2n) is 9.27. The van der Waals surface area contributed by atoms with Gasteiger partial charge in [0.15, 0.2) is 23.1 Å². The molecule has 0 unspecified atom stereocenters. The molecule has 1 aliphatic heterocycles. The zero-order chi connectivity index (χ0) is 26.3. The lowest BCUT2D eigenvalue weighted by Crippen LogP contribution is -2.31. The van der Waals surface area contributed by atoms with Crippen molar-refractivity contribution in [3.63, 3.8) is 0 Å². The Balaban J connectivity index is 1.98. The number of benzene rings is 2. The highest BCUT2D eigenvalue weighted by Crippen LogP contribution is 2.39. The van der Waals surface area contributed by atoms with E-state index in [-0.39, 0.29) is 58.6 Å². The number of amidine groups is 1. The second-order valence-corrected chi connectivity index (χ2v) is 10.7. The van der Waals surface area contributed by atoms with Gasteiger partial charge >= 0.3 is 0 Å². The van der Waals surface area contributed by atoms with Gasteiger partial charge in [-0.2, -0.15) is 8.42 Å². The molecule has 0 aromatic heterocycles. The van der Waals surface area contributed by atoms with Crippen LogP contribution >= 0.6 is 0 Å². The molecule has 11 heteroatoms. The number of rotatable bonds is 8. The van der Waals surface area contributed by atoms with Crippen LogP contribution in [0.3, 0.4) is 0 Å². The topological polar surface area (TPSA) is 126 Å². The highest BCUT2D eigenvalue weighted by molar-refractivity contribution is 7.85. The molecule has 0 radical (unpaired) electrons. The van der Waals surface area contributed by atoms with Crippen LogP contribution in [-0.2, 0) is 27.8 Å². The van der Waals surface area contributed by atoms with Crippen LogP contribution in [0.5, 0.6) is 17.2 Å². The van der Waals surface area contributed by atoms with Gasteiger partial charge in [0, 0.05) is 17.7 Å². The lowest BCUT2D eigenvalue weighted by molar-refractivity contribution is 0.0962. The lowest BCUT2D eigenvalue weighted by Gasteiger charge is -2.25. The molecule has 3 rings (SSSR count). The first-order chi connectivity index (χ1) is 16.2. The van der Waals surface area contributed by atoms with Crippen LogP contribution in [0.2, 0.25) is 0 Å². The normalized spacial score (nSPS) is 13.6. The van der Waals surface area contributed by atoms with E-state index in [0.29, 0.717) is 11.1 Å². The highest BCUT2D eigenvalue weighted by atomic mass is 32.2. The van der Waals surface area contributed by atoms with Crippen LogP contribution in [0.15, 0.2) is 18.2 Å². The summed E-state index contributed by atoms with van der Waals surface area (Å²) in [5, 5.41) is 8.45. The zero-order valence-corrected chi connectivity index (χ0v) is 21.3. The standard InChI is InChI=1S/C24H29FN2O7S/c1-24(2,3)16-7-13(8-18(32-4)15(16)12-35(29,30)31)17(28)11-27-10-14-9-19(33-5)22(34-6)21(25)20(14)23(27)26/h7-9,26H,10-12H2,1-6H3,(H,29,30,31). The van der Waals surface area contributed by atoms with E-state index in [1.807, 2.05) is 20.8 Å². The van der Waals surface area contributed by atoms with Crippen molar-refractivity contribution < 1.29 is 36.4 Å². The molecular weight excluding hydrogens is 479 g/mol. The summed E-state index contributed by atoms with van der Waals surface area (Å²) in [7, 11) is -0.317. The van der Waals surface area contributed by atoms with Gasteiger partial charge in [0.1, 0.15) is 17.3 Å². The predicted molar refractivity (Wildman–Crippen MR) is 128 cm³/mol. The minimum atomic E-state index is -4.36. The maximum Gasteiger partial charge on any atom is 0.269 e. The molecule has 0 fully saturated rings. The van der Waals surface area contributed by atoms with Crippen molar-refractivity contribution in [3.8, 4) is 17.2 Å². The molecule has 0 saturated heterocycles. The van der Waals surface area contributed by atoms with Crippen molar-refractivity contribution in [1.29, 1.82) is 5.41 Å². The Morgan fingerprint density at radius 2 is 1.74 bits per heavy atom. The van der Waals surface area contributed by atoms with Gasteiger partial charge in [-0.15, -0.1) is 0 Å². The Morgan fingerprint density at radius 3 is 2.26 bits per heavy atom. The number of Topliss-reactive ketones (excluding diaryl/α,β-unsaturated/α-hetero) is 1. The number of carbonyl (C=O) groups is 1. The summed E-state index contributed by atoms with van der Waals surface area (Å²) in [5.74, 6) is -1.68. The molecule has 9 nitrogen and oxygen atoms in total. The van der Waals surface area contributed by atoms with E-state index >= 15 is 4.39 Å². The molecule has 190 valence electrons. The average molecular weight is 509 g/mol. The molecule has 0 amide bonds. The summed E-state index contributed by atoms with van der Waals surface area (Å²) in [6.07, 6.45) is 0. The molecule has 2 N–H and O–H groups in total. The van der Waals surface area contributed by atoms with E-state index in [1.165, 1.54) is 32.3 Å². The number of ether oxygens (including phenoxy) is 3. The first kappa shape index (κ1) is 26.4. The van der Waals surface area contributed by atoms with Crippen molar-refractivity contribution in [2.75, 3.05) is 27.9 Å². The van der Waals surface area contributed by atoms with Gasteiger partial charge in [-0.25, -0.2) is 4.39 Å². The molecule has 1 aliphatic rings. The molecule has 1 heterocycles. The van der Waals surface area contributed by atoms with Gasteiger partial charge in [0.05, 0.1) is 33.4 Å². The van der Waals surface area contributed by atoms with Crippen molar-refractivity contribution in [2.45, 2.75) is 38.5 Å². The third kappa shape index (κ3) is 5.25. The van der Waals surface area contributed by atoms with Crippen molar-refractivity contribution in [1.82, 2.24) is 4.90 Å². The summed E-state index contributed by atoms with van der Waals surface area (Å²) >= 11 is 0. The van der Waals surface area contributed by atoms with E-state index < -0.39 is 27.1 Å². The van der Waals surface area contributed by atoms with Gasteiger partial charge in [-0.1, -0.05) is 20.8 Å². The summed E-state index contributed by atoms with van der Waals surface area (Å²) in [5.41, 5.74) is 1.00. The summed E-state index contributed by atoms with van der Waals surface area (Å²) < 4.78 is 63.3. The fraction of sp³-hybridized carbons (Fsp3) is 0.417. The third-order valence-corrected chi connectivity index (χ3v) is 6.48. The number of hydrogen-bond donors (Lipinski definition) is 2. The SMILES string of the molecule is COc1cc(C(=O)CN2Cc3cc(OC)c(OC)c(F)c3C2=N)cc(C(C)(C)C)c1CS(=O)(=O)O. The van der Waals surface area contributed by atoms with E-state index in [0.717, 1.165) is 0 Å². The van der Waals surface area contributed by atoms with E-state index in [1.54, 1.807) is 12.1 Å². The molecule has 0 aliphatic carbocycles. The quantitative estimate of drug-likeness (QED) is 0.410. The van der Waals surface area contributed by atoms with Gasteiger partial charge < -0.3 is 19.1 Å². The van der Waals surface area contributed by atoms with Gasteiger partial charge in [-0.05, 0) is 34.7 Å². The van der Waals surface area contributed by atoms with Gasteiger partial charge in [0.25, 0.3) is 10.1 Å². The largest absolute Gasteiger partial charge is 0.496 e. The summed E-state index contributed by atoms with van der Waals surface area (Å²) in [4.78, 5) is 14.7. The maximum atomic E-state index is 15.0. The van der Waals surface area contributed by atoms with Crippen LogP contribution in [0.25, 0.3) is 0 Å². The maximum absolute atomic E-state index is 15.0. The number of halogens is 1. The number of nitrogens with zero attached hydrogens (tertiary/aromatic N) is 1. The smallest absolute Gasteiger partial charge is 0.269 e. The number of methoxy groups -OCH3 is 3. The number of carbonyl (C=O) groups excluding carboxylic acids is 1. The lowest BCUT2D eigenvalue weighted by atomic mass is 9.82. The minimum absolute atomic E-state index is 0.0481. The Kier molecular flexibility index (Phi) is 7.14. The number of nitrogens with one attached hydrogen (secondary N) is 1. The van der Waals surface area contributed by atoms with Crippen LogP contribution in [0.1, 0.15) is 53.4 Å². The molecule has 2 aromatic carbocycles. The van der Waals surface area contributed by atoms with E-state index in [2.05, 4.69) is 0 Å². The summed E-state index contributed by atoms with van der Waals surface area (Å²) in [6, 6.07) is 4.57. The first-order valence-corrected chi connectivity index (χ1v) is 12.3. The fourth-order valence-electron chi connectivity index (χ4n) is 4.21. The van der Waals surface area contributed by atoms with Gasteiger partial charge in [0.2, 0.25) is 0 Å². The predicted octanol–water partition coefficient (Wildman–Crippen LogP) is 3.56. The second kappa shape index (κ2) is 9.46. The fourth-order valence-corrected chi connectivity index (χ4v) is 4.88. The Bertz CT molecular complexity index is 1300.